The fourth-order valence-electron chi connectivity index (χ4n) is 4.04. The Labute approximate surface area is 228 Å². The van der Waals surface area contributed by atoms with Crippen LogP contribution < -0.4 is 4.74 Å². The summed E-state index contributed by atoms with van der Waals surface area (Å²) in [5.74, 6) is 1.40. The van der Waals surface area contributed by atoms with E-state index in [1.54, 1.807) is 10.7 Å². The number of ether oxygens (including phenoxy) is 1. The van der Waals surface area contributed by atoms with E-state index in [1.807, 2.05) is 56.9 Å². The molecule has 1 aliphatic heterocycles. The van der Waals surface area contributed by atoms with Gasteiger partial charge in [0.25, 0.3) is 5.91 Å². The van der Waals surface area contributed by atoms with Crippen LogP contribution in [0.3, 0.4) is 0 Å². The first kappa shape index (κ1) is 28.2. The van der Waals surface area contributed by atoms with E-state index in [2.05, 4.69) is 48.9 Å². The van der Waals surface area contributed by atoms with Crippen LogP contribution in [0.1, 0.15) is 68.1 Å². The second-order valence-corrected chi connectivity index (χ2v) is 10.4. The molecule has 36 heavy (non-hydrogen) atoms. The summed E-state index contributed by atoms with van der Waals surface area (Å²) in [7, 11) is 0. The fourth-order valence-corrected chi connectivity index (χ4v) is 5.20. The number of nitrogens with zero attached hydrogens (tertiary/aromatic N) is 3. The molecule has 6 nitrogen and oxygen atoms in total. The predicted molar refractivity (Wildman–Crippen MR) is 151 cm³/mol. The first-order valence-electron chi connectivity index (χ1n) is 12.3. The van der Waals surface area contributed by atoms with Crippen LogP contribution in [-0.2, 0) is 0 Å². The van der Waals surface area contributed by atoms with Gasteiger partial charge in [-0.25, -0.2) is 4.52 Å². The zero-order chi connectivity index (χ0) is 25.3. The minimum Gasteiger partial charge on any atom is -0.455 e. The average Bonchev–Trinajstić information content (AvgIpc) is 3.68. The molecule has 0 spiro atoms. The highest BCUT2D eigenvalue weighted by atomic mass is 79.9. The molecule has 4 aromatic rings. The van der Waals surface area contributed by atoms with Crippen LogP contribution >= 0.6 is 31.9 Å². The van der Waals surface area contributed by atoms with Crippen molar-refractivity contribution in [3.05, 3.63) is 56.4 Å². The van der Waals surface area contributed by atoms with Crippen molar-refractivity contribution in [1.82, 2.24) is 19.5 Å². The van der Waals surface area contributed by atoms with E-state index >= 15 is 0 Å². The van der Waals surface area contributed by atoms with Crippen LogP contribution in [0.25, 0.3) is 16.4 Å². The lowest BCUT2D eigenvalue weighted by Gasteiger charge is -2.38. The number of likely N-dealkylation sites (tertiary alicyclic amines) is 1. The summed E-state index contributed by atoms with van der Waals surface area (Å²) >= 11 is 7.23. The number of fused-ring (bicyclic) bond motifs is 2. The van der Waals surface area contributed by atoms with Gasteiger partial charge in [0, 0.05) is 39.7 Å². The van der Waals surface area contributed by atoms with Gasteiger partial charge in [-0.15, -0.1) is 0 Å². The predicted octanol–water partition coefficient (Wildman–Crippen LogP) is 8.33. The maximum atomic E-state index is 13.1. The number of amides is 1. The van der Waals surface area contributed by atoms with Gasteiger partial charge in [0.15, 0.2) is 5.75 Å². The highest BCUT2D eigenvalue weighted by Gasteiger charge is 2.33. The first-order chi connectivity index (χ1) is 16.9. The molecule has 194 valence electrons. The third kappa shape index (κ3) is 5.32. The topological polar surface area (TPSA) is 62.6 Å². The Kier molecular flexibility index (Phi) is 9.22. The van der Waals surface area contributed by atoms with Gasteiger partial charge < -0.3 is 14.6 Å². The number of benzene rings is 1. The molecule has 1 amide bonds. The summed E-state index contributed by atoms with van der Waals surface area (Å²) in [6.45, 7) is 10.8. The van der Waals surface area contributed by atoms with Gasteiger partial charge in [-0.3, -0.25) is 9.50 Å². The van der Waals surface area contributed by atoms with E-state index in [0.29, 0.717) is 15.9 Å². The van der Waals surface area contributed by atoms with Gasteiger partial charge in [0.05, 0.1) is 11.8 Å². The summed E-state index contributed by atoms with van der Waals surface area (Å²) in [6.07, 6.45) is 7.22. The monoisotopic (exact) mass is 622 g/mol. The molecule has 0 unspecified atom stereocenters. The molecule has 3 aromatic heterocycles. The number of aromatic amines is 1. The molecule has 1 saturated heterocycles. The summed E-state index contributed by atoms with van der Waals surface area (Å²) in [6, 6.07) is 8.04. The number of aryl methyl sites for hydroxylation is 2. The molecule has 0 radical (unpaired) electrons. The summed E-state index contributed by atoms with van der Waals surface area (Å²) < 4.78 is 9.69. The number of halogens is 3. The number of carbonyl (C=O) groups is 1. The highest BCUT2D eigenvalue weighted by molar-refractivity contribution is 9.11. The van der Waals surface area contributed by atoms with Crippen LogP contribution in [0.4, 0.5) is 4.70 Å². The third-order valence-electron chi connectivity index (χ3n) is 6.23. The number of aromatic nitrogens is 3. The molecule has 2 fully saturated rings. The number of nitrogens with one attached hydrogen (secondary N) is 1. The Bertz CT molecular complexity index is 1380. The van der Waals surface area contributed by atoms with Crippen LogP contribution in [0.2, 0.25) is 0 Å². The van der Waals surface area contributed by atoms with Crippen molar-refractivity contribution in [2.75, 3.05) is 6.54 Å². The summed E-state index contributed by atoms with van der Waals surface area (Å²) in [4.78, 5) is 18.3. The van der Waals surface area contributed by atoms with Gasteiger partial charge in [0.1, 0.15) is 15.9 Å². The Morgan fingerprint density at radius 2 is 1.83 bits per heavy atom. The van der Waals surface area contributed by atoms with E-state index in [0.717, 1.165) is 50.9 Å². The van der Waals surface area contributed by atoms with Gasteiger partial charge in [0.2, 0.25) is 0 Å². The third-order valence-corrected chi connectivity index (χ3v) is 7.98. The standard InChI is InChI=1S/C22H20Br2N4O2.C3H6.C2H6.FH/c1-11-7-9-27(11)22(29)18-12(2)20-17(6-8-25-28(20)21(18)24)30-14-4-5-16-15(10-14)19(23)13(3)26-16;1-2-3-1;1-2;/h4-6,8,10-11,26H,7,9H2,1-3H3;1-3H2;1-2H3;1H/t11-;;;/m1.../s1. The molecule has 1 saturated carbocycles. The number of H-pyrrole nitrogens is 1. The Morgan fingerprint density at radius 1 is 1.14 bits per heavy atom. The lowest BCUT2D eigenvalue weighted by molar-refractivity contribution is 0.0500. The van der Waals surface area contributed by atoms with Crippen molar-refractivity contribution in [1.29, 1.82) is 0 Å². The van der Waals surface area contributed by atoms with E-state index < -0.39 is 0 Å². The molecule has 9 heteroatoms. The molecule has 1 aromatic carbocycles. The number of hydrogen-bond donors (Lipinski definition) is 1. The molecule has 4 heterocycles. The molecule has 1 atom stereocenters. The summed E-state index contributed by atoms with van der Waals surface area (Å²) in [5, 5.41) is 5.50. The first-order valence-corrected chi connectivity index (χ1v) is 13.9. The van der Waals surface area contributed by atoms with Crippen LogP contribution in [0.5, 0.6) is 11.5 Å². The Morgan fingerprint density at radius 3 is 2.42 bits per heavy atom. The van der Waals surface area contributed by atoms with Crippen molar-refractivity contribution < 1.29 is 14.2 Å². The number of carbonyl (C=O) groups excluding carboxylic acids is 1. The molecule has 2 aliphatic rings. The van der Waals surface area contributed by atoms with Crippen LogP contribution in [-0.4, -0.2) is 38.0 Å². The minimum atomic E-state index is 0. The molecule has 1 aliphatic carbocycles. The smallest absolute Gasteiger partial charge is 0.257 e. The summed E-state index contributed by atoms with van der Waals surface area (Å²) in [5.41, 5.74) is 4.40. The maximum Gasteiger partial charge on any atom is 0.257 e. The van der Waals surface area contributed by atoms with E-state index in [9.17, 15) is 4.79 Å². The van der Waals surface area contributed by atoms with Gasteiger partial charge in [-0.1, -0.05) is 33.1 Å². The van der Waals surface area contributed by atoms with Crippen LogP contribution in [0, 0.1) is 13.8 Å². The van der Waals surface area contributed by atoms with E-state index in [4.69, 9.17) is 4.74 Å². The lowest BCUT2D eigenvalue weighted by atomic mass is 10.0. The van der Waals surface area contributed by atoms with Gasteiger partial charge in [-0.2, -0.15) is 5.10 Å². The lowest BCUT2D eigenvalue weighted by Crippen LogP contribution is -2.49. The van der Waals surface area contributed by atoms with E-state index in [1.165, 1.54) is 19.3 Å². The normalized spacial score (nSPS) is 15.8. The SMILES string of the molecule is C1CC1.CC.Cc1[nH]c2ccc(Oc3ccnn4c(Br)c(C(=O)N5CC[C@H]5C)c(C)c34)cc2c1Br.F. The van der Waals surface area contributed by atoms with Gasteiger partial charge in [-0.05, 0) is 82.8 Å². The van der Waals surface area contributed by atoms with Crippen molar-refractivity contribution in [2.45, 2.75) is 66.3 Å². The number of rotatable bonds is 3. The van der Waals surface area contributed by atoms with Gasteiger partial charge >= 0.3 is 0 Å². The van der Waals surface area contributed by atoms with Crippen molar-refractivity contribution in [2.24, 2.45) is 0 Å². The second kappa shape index (κ2) is 11.8. The molecular weight excluding hydrogens is 591 g/mol. The number of hydrogen-bond acceptors (Lipinski definition) is 3. The Hall–Kier alpha value is -2.39. The molecular formula is C27H33Br2FN4O2. The largest absolute Gasteiger partial charge is 0.455 e. The zero-order valence-electron chi connectivity index (χ0n) is 21.3. The quantitative estimate of drug-likeness (QED) is 0.249. The maximum absolute atomic E-state index is 13.1. The van der Waals surface area contributed by atoms with E-state index in [-0.39, 0.29) is 16.7 Å². The Balaban J connectivity index is 0.000000550. The molecule has 0 bridgehead atoms. The van der Waals surface area contributed by atoms with Crippen molar-refractivity contribution in [3.8, 4) is 11.5 Å². The van der Waals surface area contributed by atoms with Crippen molar-refractivity contribution in [3.63, 3.8) is 0 Å². The second-order valence-electron chi connectivity index (χ2n) is 8.82. The molecule has 1 N–H and O–H groups in total. The fraction of sp³-hybridized carbons (Fsp3) is 0.407. The highest BCUT2D eigenvalue weighted by Crippen LogP contribution is 2.37. The molecule has 6 rings (SSSR count). The zero-order valence-corrected chi connectivity index (χ0v) is 24.5. The average molecular weight is 624 g/mol. The van der Waals surface area contributed by atoms with Crippen LogP contribution in [0.15, 0.2) is 39.5 Å². The minimum absolute atomic E-state index is 0. The van der Waals surface area contributed by atoms with Crippen molar-refractivity contribution >= 4 is 54.2 Å².